The van der Waals surface area contributed by atoms with Crippen molar-refractivity contribution < 1.29 is 9.53 Å². The fraction of sp³-hybridized carbons (Fsp3) is 0.636. The molecular formula is C22H36N4O2. The first kappa shape index (κ1) is 22.2. The van der Waals surface area contributed by atoms with Crippen LogP contribution in [0.2, 0.25) is 0 Å². The van der Waals surface area contributed by atoms with Gasteiger partial charge in [0.25, 0.3) is 5.91 Å². The van der Waals surface area contributed by atoms with E-state index in [2.05, 4.69) is 36.3 Å². The van der Waals surface area contributed by atoms with Gasteiger partial charge in [0, 0.05) is 37.8 Å². The molecule has 1 amide bonds. The molecule has 0 saturated carbocycles. The molecule has 1 aliphatic heterocycles. The molecule has 2 rings (SSSR count). The molecule has 1 atom stereocenters. The second-order valence-corrected chi connectivity index (χ2v) is 7.29. The third kappa shape index (κ3) is 6.82. The molecule has 1 unspecified atom stereocenters. The van der Waals surface area contributed by atoms with Crippen molar-refractivity contribution in [3.63, 3.8) is 0 Å². The van der Waals surface area contributed by atoms with Gasteiger partial charge in [-0.25, -0.2) is 4.99 Å². The fourth-order valence-corrected chi connectivity index (χ4v) is 3.23. The summed E-state index contributed by atoms with van der Waals surface area (Å²) in [5.74, 6) is 0.936. The van der Waals surface area contributed by atoms with E-state index in [-0.39, 0.29) is 11.9 Å². The zero-order valence-corrected chi connectivity index (χ0v) is 17.8. The van der Waals surface area contributed by atoms with Crippen molar-refractivity contribution >= 4 is 11.9 Å². The van der Waals surface area contributed by atoms with Crippen LogP contribution in [-0.4, -0.2) is 55.2 Å². The number of hydrogen-bond acceptors (Lipinski definition) is 3. The van der Waals surface area contributed by atoms with Crippen molar-refractivity contribution in [2.75, 3.05) is 26.2 Å². The second-order valence-electron chi connectivity index (χ2n) is 7.29. The number of likely N-dealkylation sites (tertiary alicyclic amines) is 1. The highest BCUT2D eigenvalue weighted by atomic mass is 16.5. The van der Waals surface area contributed by atoms with Crippen LogP contribution in [0.1, 0.15) is 62.9 Å². The molecule has 1 aromatic carbocycles. The zero-order valence-electron chi connectivity index (χ0n) is 17.8. The normalized spacial score (nSPS) is 16.7. The van der Waals surface area contributed by atoms with E-state index in [1.165, 1.54) is 0 Å². The Kier molecular flexibility index (Phi) is 9.28. The number of nitrogens with zero attached hydrogens (tertiary/aromatic N) is 2. The molecule has 6 nitrogen and oxygen atoms in total. The summed E-state index contributed by atoms with van der Waals surface area (Å²) in [5.41, 5.74) is 1.79. The SMILES string of the molecule is CCNC(=NCc1ccc(C(=O)NC(C)CC)cc1)N1CCC(OCC)CC1. The van der Waals surface area contributed by atoms with Crippen LogP contribution in [0.5, 0.6) is 0 Å². The number of guanidine groups is 1. The minimum Gasteiger partial charge on any atom is -0.378 e. The highest BCUT2D eigenvalue weighted by Gasteiger charge is 2.21. The van der Waals surface area contributed by atoms with Crippen LogP contribution < -0.4 is 10.6 Å². The number of rotatable bonds is 8. The Morgan fingerprint density at radius 3 is 2.46 bits per heavy atom. The first-order chi connectivity index (χ1) is 13.6. The third-order valence-electron chi connectivity index (χ3n) is 5.10. The molecule has 1 aromatic rings. The fourth-order valence-electron chi connectivity index (χ4n) is 3.23. The van der Waals surface area contributed by atoms with Gasteiger partial charge in [0.1, 0.15) is 0 Å². The Balaban J connectivity index is 1.94. The van der Waals surface area contributed by atoms with Gasteiger partial charge in [-0.1, -0.05) is 19.1 Å². The Hall–Kier alpha value is -2.08. The van der Waals surface area contributed by atoms with E-state index in [4.69, 9.17) is 9.73 Å². The van der Waals surface area contributed by atoms with Gasteiger partial charge in [-0.3, -0.25) is 4.79 Å². The summed E-state index contributed by atoms with van der Waals surface area (Å²) in [6, 6.07) is 7.91. The monoisotopic (exact) mass is 388 g/mol. The molecule has 1 saturated heterocycles. The number of hydrogen-bond donors (Lipinski definition) is 2. The maximum Gasteiger partial charge on any atom is 0.251 e. The number of carbonyl (C=O) groups is 1. The molecule has 0 spiro atoms. The van der Waals surface area contributed by atoms with Gasteiger partial charge in [-0.2, -0.15) is 0 Å². The molecule has 28 heavy (non-hydrogen) atoms. The second kappa shape index (κ2) is 11.7. The summed E-state index contributed by atoms with van der Waals surface area (Å²) < 4.78 is 5.74. The van der Waals surface area contributed by atoms with Crippen LogP contribution in [0.15, 0.2) is 29.3 Å². The highest BCUT2D eigenvalue weighted by Crippen LogP contribution is 2.14. The van der Waals surface area contributed by atoms with E-state index < -0.39 is 0 Å². The molecular weight excluding hydrogens is 352 g/mol. The summed E-state index contributed by atoms with van der Waals surface area (Å²) in [7, 11) is 0. The smallest absolute Gasteiger partial charge is 0.251 e. The quantitative estimate of drug-likeness (QED) is 0.530. The molecule has 0 aromatic heterocycles. The molecule has 0 bridgehead atoms. The summed E-state index contributed by atoms with van der Waals surface area (Å²) in [5, 5.41) is 6.39. The lowest BCUT2D eigenvalue weighted by Crippen LogP contribution is -2.47. The van der Waals surface area contributed by atoms with Crippen LogP contribution in [0.4, 0.5) is 0 Å². The Bertz CT molecular complexity index is 622. The first-order valence-electron chi connectivity index (χ1n) is 10.6. The highest BCUT2D eigenvalue weighted by molar-refractivity contribution is 5.94. The standard InChI is InChI=1S/C22H36N4O2/c1-5-17(4)25-21(27)19-10-8-18(9-11-19)16-24-22(23-6-2)26-14-12-20(13-15-26)28-7-3/h8-11,17,20H,5-7,12-16H2,1-4H3,(H,23,24)(H,25,27). The van der Waals surface area contributed by atoms with Gasteiger partial charge >= 0.3 is 0 Å². The average molecular weight is 389 g/mol. The summed E-state index contributed by atoms with van der Waals surface area (Å²) in [6.07, 6.45) is 3.38. The van der Waals surface area contributed by atoms with Crippen molar-refractivity contribution in [1.29, 1.82) is 0 Å². The predicted molar refractivity (Wildman–Crippen MR) is 115 cm³/mol. The topological polar surface area (TPSA) is 66.0 Å². The van der Waals surface area contributed by atoms with Gasteiger partial charge in [-0.05, 0) is 57.7 Å². The minimum atomic E-state index is -0.0186. The van der Waals surface area contributed by atoms with E-state index in [0.29, 0.717) is 18.2 Å². The number of benzene rings is 1. The maximum atomic E-state index is 12.2. The lowest BCUT2D eigenvalue weighted by molar-refractivity contribution is 0.0263. The van der Waals surface area contributed by atoms with Crippen molar-refractivity contribution in [2.45, 2.75) is 65.6 Å². The van der Waals surface area contributed by atoms with Crippen molar-refractivity contribution in [1.82, 2.24) is 15.5 Å². The van der Waals surface area contributed by atoms with Gasteiger partial charge < -0.3 is 20.3 Å². The number of amides is 1. The Morgan fingerprint density at radius 1 is 1.21 bits per heavy atom. The van der Waals surface area contributed by atoms with Crippen LogP contribution in [-0.2, 0) is 11.3 Å². The zero-order chi connectivity index (χ0) is 20.4. The van der Waals surface area contributed by atoms with Crippen LogP contribution >= 0.6 is 0 Å². The minimum absolute atomic E-state index is 0.0186. The van der Waals surface area contributed by atoms with E-state index in [1.54, 1.807) is 0 Å². The molecule has 156 valence electrons. The van der Waals surface area contributed by atoms with Gasteiger partial charge in [0.05, 0.1) is 12.6 Å². The summed E-state index contributed by atoms with van der Waals surface area (Å²) in [4.78, 5) is 19.3. The maximum absolute atomic E-state index is 12.2. The van der Waals surface area contributed by atoms with E-state index in [0.717, 1.165) is 57.0 Å². The number of nitrogens with one attached hydrogen (secondary N) is 2. The lowest BCUT2D eigenvalue weighted by Gasteiger charge is -2.34. The van der Waals surface area contributed by atoms with E-state index >= 15 is 0 Å². The van der Waals surface area contributed by atoms with E-state index in [1.807, 2.05) is 31.2 Å². The van der Waals surface area contributed by atoms with Crippen molar-refractivity contribution in [3.05, 3.63) is 35.4 Å². The summed E-state index contributed by atoms with van der Waals surface area (Å²) in [6.45, 7) is 12.4. The molecule has 1 heterocycles. The number of ether oxygens (including phenoxy) is 1. The van der Waals surface area contributed by atoms with Crippen LogP contribution in [0.3, 0.4) is 0 Å². The number of piperidine rings is 1. The Labute approximate surface area is 169 Å². The van der Waals surface area contributed by atoms with Gasteiger partial charge in [-0.15, -0.1) is 0 Å². The summed E-state index contributed by atoms with van der Waals surface area (Å²) >= 11 is 0. The number of carbonyl (C=O) groups excluding carboxylic acids is 1. The molecule has 0 aliphatic carbocycles. The Morgan fingerprint density at radius 2 is 1.89 bits per heavy atom. The van der Waals surface area contributed by atoms with Gasteiger partial charge in [0.15, 0.2) is 5.96 Å². The van der Waals surface area contributed by atoms with Crippen LogP contribution in [0, 0.1) is 0 Å². The average Bonchev–Trinajstić information content (AvgIpc) is 2.72. The van der Waals surface area contributed by atoms with Crippen molar-refractivity contribution in [3.8, 4) is 0 Å². The molecule has 6 heteroatoms. The predicted octanol–water partition coefficient (Wildman–Crippen LogP) is 3.18. The first-order valence-corrected chi connectivity index (χ1v) is 10.6. The van der Waals surface area contributed by atoms with Crippen LogP contribution in [0.25, 0.3) is 0 Å². The molecule has 0 radical (unpaired) electrons. The third-order valence-corrected chi connectivity index (χ3v) is 5.10. The molecule has 1 fully saturated rings. The molecule has 1 aliphatic rings. The van der Waals surface area contributed by atoms with Gasteiger partial charge in [0.2, 0.25) is 0 Å². The molecule has 2 N–H and O–H groups in total. The van der Waals surface area contributed by atoms with E-state index in [9.17, 15) is 4.79 Å². The number of aliphatic imine (C=N–C) groups is 1. The lowest BCUT2D eigenvalue weighted by atomic mass is 10.1. The van der Waals surface area contributed by atoms with Crippen molar-refractivity contribution in [2.24, 2.45) is 4.99 Å². The largest absolute Gasteiger partial charge is 0.378 e.